The van der Waals surface area contributed by atoms with Crippen molar-refractivity contribution in [2.24, 2.45) is 0 Å². The van der Waals surface area contributed by atoms with Crippen LogP contribution < -0.4 is 0 Å². The molecular formula is C6H4O4. The summed E-state index contributed by atoms with van der Waals surface area (Å²) in [5, 5.41) is 8.29. The molecule has 52 valence electrons. The first-order chi connectivity index (χ1) is 4.61. The lowest BCUT2D eigenvalue weighted by Crippen LogP contribution is -2.08. The Bertz CT molecular complexity index is 248. The van der Waals surface area contributed by atoms with Gasteiger partial charge in [0.1, 0.15) is 11.3 Å². The third-order valence-corrected chi connectivity index (χ3v) is 0.979. The zero-order valence-corrected chi connectivity index (χ0v) is 4.96. The highest BCUT2D eigenvalue weighted by Gasteiger charge is 2.25. The molecule has 1 aliphatic heterocycles. The maximum absolute atomic E-state index is 10.5. The molecule has 0 radical (unpaired) electrons. The van der Waals surface area contributed by atoms with E-state index in [1.807, 2.05) is 0 Å². The number of esters is 1. The van der Waals surface area contributed by atoms with Crippen molar-refractivity contribution < 1.29 is 19.4 Å². The quantitative estimate of drug-likeness (QED) is 0.413. The number of carbonyl (C=O) groups is 2. The Morgan fingerprint density at radius 1 is 1.70 bits per heavy atom. The van der Waals surface area contributed by atoms with Crippen molar-refractivity contribution in [1.82, 2.24) is 0 Å². The van der Waals surface area contributed by atoms with Gasteiger partial charge in [0.15, 0.2) is 0 Å². The fourth-order valence-electron chi connectivity index (χ4n) is 0.572. The molecule has 0 atom stereocenters. The van der Waals surface area contributed by atoms with Crippen molar-refractivity contribution in [3.05, 3.63) is 24.0 Å². The molecule has 0 unspecified atom stereocenters. The highest BCUT2D eigenvalue weighted by molar-refractivity contribution is 6.15. The second-order valence-electron chi connectivity index (χ2n) is 1.72. The van der Waals surface area contributed by atoms with Gasteiger partial charge >= 0.3 is 11.9 Å². The molecule has 1 aliphatic rings. The molecular weight excluding hydrogens is 136 g/mol. The Labute approximate surface area is 56.4 Å². The average molecular weight is 140 g/mol. The number of hydrogen-bond donors (Lipinski definition) is 1. The molecule has 0 aliphatic carbocycles. The molecule has 0 aromatic rings. The SMILES string of the molecule is C=C1C=C(C(=O)O)C(=O)O1. The van der Waals surface area contributed by atoms with Crippen LogP contribution in [0.15, 0.2) is 24.0 Å². The van der Waals surface area contributed by atoms with E-state index in [0.717, 1.165) is 6.08 Å². The Kier molecular flexibility index (Phi) is 1.30. The van der Waals surface area contributed by atoms with E-state index in [1.54, 1.807) is 0 Å². The molecule has 0 aromatic heterocycles. The molecule has 4 nitrogen and oxygen atoms in total. The van der Waals surface area contributed by atoms with Gasteiger partial charge in [-0.2, -0.15) is 0 Å². The van der Waals surface area contributed by atoms with Crippen LogP contribution in [0, 0.1) is 0 Å². The minimum atomic E-state index is -1.29. The number of allylic oxidation sites excluding steroid dienone is 1. The predicted molar refractivity (Wildman–Crippen MR) is 31.0 cm³/mol. The van der Waals surface area contributed by atoms with E-state index in [4.69, 9.17) is 5.11 Å². The van der Waals surface area contributed by atoms with E-state index in [9.17, 15) is 9.59 Å². The molecule has 0 saturated carbocycles. The summed E-state index contributed by atoms with van der Waals surface area (Å²) in [5.41, 5.74) is -0.370. The lowest BCUT2D eigenvalue weighted by molar-refractivity contribution is -0.139. The van der Waals surface area contributed by atoms with Gasteiger partial charge in [0.05, 0.1) is 0 Å². The van der Waals surface area contributed by atoms with Crippen molar-refractivity contribution in [2.45, 2.75) is 0 Å². The van der Waals surface area contributed by atoms with E-state index in [2.05, 4.69) is 11.3 Å². The summed E-state index contributed by atoms with van der Waals surface area (Å²) in [6, 6.07) is 0. The van der Waals surface area contributed by atoms with Gasteiger partial charge in [-0.1, -0.05) is 6.58 Å². The Hall–Kier alpha value is -1.58. The number of carboxylic acids is 1. The second-order valence-corrected chi connectivity index (χ2v) is 1.72. The molecule has 10 heavy (non-hydrogen) atoms. The summed E-state index contributed by atoms with van der Waals surface area (Å²) < 4.78 is 4.33. The molecule has 4 heteroatoms. The maximum Gasteiger partial charge on any atom is 0.351 e. The van der Waals surface area contributed by atoms with Crippen LogP contribution in [-0.4, -0.2) is 17.0 Å². The first-order valence-corrected chi connectivity index (χ1v) is 2.47. The van der Waals surface area contributed by atoms with Crippen LogP contribution in [0.5, 0.6) is 0 Å². The summed E-state index contributed by atoms with van der Waals surface area (Å²) in [6.45, 7) is 3.25. The normalized spacial score (nSPS) is 16.6. The Balaban J connectivity index is 2.96. The van der Waals surface area contributed by atoms with E-state index in [-0.39, 0.29) is 11.3 Å². The Morgan fingerprint density at radius 3 is 2.50 bits per heavy atom. The van der Waals surface area contributed by atoms with Crippen LogP contribution in [0.2, 0.25) is 0 Å². The molecule has 0 amide bonds. The van der Waals surface area contributed by atoms with Crippen LogP contribution in [0.25, 0.3) is 0 Å². The highest BCUT2D eigenvalue weighted by Crippen LogP contribution is 2.14. The zero-order valence-electron chi connectivity index (χ0n) is 4.96. The molecule has 1 N–H and O–H groups in total. The third kappa shape index (κ3) is 0.907. The van der Waals surface area contributed by atoms with Crippen molar-refractivity contribution in [3.8, 4) is 0 Å². The summed E-state index contributed by atoms with van der Waals surface area (Å²) in [5.74, 6) is -2.07. The molecule has 0 aromatic carbocycles. The molecule has 0 bridgehead atoms. The second kappa shape index (κ2) is 1.98. The van der Waals surface area contributed by atoms with Crippen LogP contribution in [0.3, 0.4) is 0 Å². The number of cyclic esters (lactones) is 1. The first kappa shape index (κ1) is 6.54. The topological polar surface area (TPSA) is 63.6 Å². The smallest absolute Gasteiger partial charge is 0.351 e. The molecule has 1 rings (SSSR count). The maximum atomic E-state index is 10.5. The van der Waals surface area contributed by atoms with Crippen LogP contribution in [-0.2, 0) is 14.3 Å². The molecule has 0 saturated heterocycles. The van der Waals surface area contributed by atoms with Crippen molar-refractivity contribution >= 4 is 11.9 Å². The van der Waals surface area contributed by atoms with Crippen molar-refractivity contribution in [3.63, 3.8) is 0 Å². The van der Waals surface area contributed by atoms with E-state index in [0.29, 0.717) is 0 Å². The fraction of sp³-hybridized carbons (Fsp3) is 0. The standard InChI is InChI=1S/C6H4O4/c1-3-2-4(5(7)8)6(9)10-3/h2H,1H2,(H,7,8). The van der Waals surface area contributed by atoms with Gasteiger partial charge in [-0.15, -0.1) is 0 Å². The van der Waals surface area contributed by atoms with E-state index < -0.39 is 11.9 Å². The zero-order chi connectivity index (χ0) is 7.72. The number of carboxylic acid groups (broad SMARTS) is 1. The molecule has 1 heterocycles. The lowest BCUT2D eigenvalue weighted by Gasteiger charge is -1.89. The van der Waals surface area contributed by atoms with Gasteiger partial charge in [0.25, 0.3) is 0 Å². The van der Waals surface area contributed by atoms with Crippen LogP contribution in [0.1, 0.15) is 0 Å². The largest absolute Gasteiger partial charge is 0.477 e. The van der Waals surface area contributed by atoms with Crippen molar-refractivity contribution in [2.75, 3.05) is 0 Å². The number of aliphatic carboxylic acids is 1. The van der Waals surface area contributed by atoms with Crippen LogP contribution >= 0.6 is 0 Å². The third-order valence-electron chi connectivity index (χ3n) is 0.979. The van der Waals surface area contributed by atoms with Gasteiger partial charge in [0, 0.05) is 6.08 Å². The van der Waals surface area contributed by atoms with E-state index in [1.165, 1.54) is 0 Å². The minimum Gasteiger partial charge on any atom is -0.477 e. The number of rotatable bonds is 1. The predicted octanol–water partition coefficient (Wildman–Crippen LogP) is 0.0679. The lowest BCUT2D eigenvalue weighted by atomic mass is 10.3. The average Bonchev–Trinajstić information content (AvgIpc) is 2.10. The van der Waals surface area contributed by atoms with Gasteiger partial charge in [-0.3, -0.25) is 0 Å². The minimum absolute atomic E-state index is 0.0717. The van der Waals surface area contributed by atoms with Gasteiger partial charge in [0.2, 0.25) is 0 Å². The van der Waals surface area contributed by atoms with Crippen molar-refractivity contribution in [1.29, 1.82) is 0 Å². The number of carbonyl (C=O) groups excluding carboxylic acids is 1. The number of hydrogen-bond acceptors (Lipinski definition) is 3. The monoisotopic (exact) mass is 140 g/mol. The molecule has 0 spiro atoms. The van der Waals surface area contributed by atoms with E-state index >= 15 is 0 Å². The summed E-state index contributed by atoms with van der Waals surface area (Å²) >= 11 is 0. The number of ether oxygens (including phenoxy) is 1. The summed E-state index contributed by atoms with van der Waals surface area (Å²) in [4.78, 5) is 20.6. The summed E-state index contributed by atoms with van der Waals surface area (Å²) in [6.07, 6.45) is 1.09. The summed E-state index contributed by atoms with van der Waals surface area (Å²) in [7, 11) is 0. The molecule has 0 fully saturated rings. The fourth-order valence-corrected chi connectivity index (χ4v) is 0.572. The van der Waals surface area contributed by atoms with Gasteiger partial charge in [-0.25, -0.2) is 9.59 Å². The van der Waals surface area contributed by atoms with Gasteiger partial charge < -0.3 is 9.84 Å². The van der Waals surface area contributed by atoms with Gasteiger partial charge in [-0.05, 0) is 0 Å². The highest BCUT2D eigenvalue weighted by atomic mass is 16.5. The Morgan fingerprint density at radius 2 is 2.30 bits per heavy atom. The first-order valence-electron chi connectivity index (χ1n) is 2.47. The van der Waals surface area contributed by atoms with Crippen LogP contribution in [0.4, 0.5) is 0 Å².